The Morgan fingerprint density at radius 2 is 2.04 bits per heavy atom. The van der Waals surface area contributed by atoms with Crippen molar-refractivity contribution in [2.24, 2.45) is 5.73 Å². The summed E-state index contributed by atoms with van der Waals surface area (Å²) in [7, 11) is 0. The lowest BCUT2D eigenvalue weighted by atomic mass is 10.00. The number of rotatable bonds is 3. The second kappa shape index (κ2) is 7.01. The first-order chi connectivity index (χ1) is 12.9. The van der Waals surface area contributed by atoms with Crippen molar-refractivity contribution in [1.29, 1.82) is 0 Å². The Balaban J connectivity index is 1.55. The van der Waals surface area contributed by atoms with E-state index in [1.807, 2.05) is 23.1 Å². The number of nitrogens with zero attached hydrogens (tertiary/aromatic N) is 2. The molecule has 3 aliphatic rings. The van der Waals surface area contributed by atoms with E-state index >= 15 is 0 Å². The molecule has 1 aromatic carbocycles. The Kier molecular flexibility index (Phi) is 4.69. The van der Waals surface area contributed by atoms with Crippen molar-refractivity contribution in [3.63, 3.8) is 0 Å². The molecule has 0 radical (unpaired) electrons. The molecule has 0 bridgehead atoms. The van der Waals surface area contributed by atoms with Crippen LogP contribution in [0.3, 0.4) is 0 Å². The van der Waals surface area contributed by atoms with E-state index in [-0.39, 0.29) is 24.3 Å². The van der Waals surface area contributed by atoms with Crippen LogP contribution < -0.4 is 11.1 Å². The highest BCUT2D eigenvalue weighted by Crippen LogP contribution is 2.30. The second-order valence-corrected chi connectivity index (χ2v) is 7.64. The standard InChI is InChI=1S/C19H23FN4O3/c20-13-6-14(21)10-23(9-13)7-11-2-1-3-12-8-24(19(27)17(11)12)15-4-5-16(25)22-18(15)26/h1-3,13-15H,4-10,21H2,(H,22,25,26)/t13-,14-,15?/m0/s1. The largest absolute Gasteiger partial charge is 0.326 e. The fraction of sp³-hybridized carbons (Fsp3) is 0.526. The number of amides is 3. The molecule has 0 aromatic heterocycles. The van der Waals surface area contributed by atoms with Crippen molar-refractivity contribution in [3.05, 3.63) is 34.9 Å². The van der Waals surface area contributed by atoms with Gasteiger partial charge in [-0.15, -0.1) is 0 Å². The average molecular weight is 374 g/mol. The number of piperidine rings is 2. The van der Waals surface area contributed by atoms with Crippen molar-refractivity contribution >= 4 is 17.7 Å². The van der Waals surface area contributed by atoms with Crippen LogP contribution >= 0.6 is 0 Å². The topological polar surface area (TPSA) is 95.7 Å². The lowest BCUT2D eigenvalue weighted by Gasteiger charge is -2.33. The molecule has 144 valence electrons. The van der Waals surface area contributed by atoms with Crippen LogP contribution in [-0.2, 0) is 22.7 Å². The third-order valence-corrected chi connectivity index (χ3v) is 5.54. The molecular weight excluding hydrogens is 351 g/mol. The number of benzene rings is 1. The first-order valence-corrected chi connectivity index (χ1v) is 9.30. The van der Waals surface area contributed by atoms with E-state index < -0.39 is 18.1 Å². The Labute approximate surface area is 156 Å². The van der Waals surface area contributed by atoms with Crippen LogP contribution in [0, 0.1) is 0 Å². The Bertz CT molecular complexity index is 789. The number of halogens is 1. The first-order valence-electron chi connectivity index (χ1n) is 9.30. The molecule has 3 aliphatic heterocycles. The molecule has 2 saturated heterocycles. The maximum absolute atomic E-state index is 13.8. The summed E-state index contributed by atoms with van der Waals surface area (Å²) in [5.74, 6) is -0.923. The summed E-state index contributed by atoms with van der Waals surface area (Å²) in [5, 5.41) is 2.31. The third kappa shape index (κ3) is 3.46. The highest BCUT2D eigenvalue weighted by atomic mass is 19.1. The maximum atomic E-state index is 13.8. The van der Waals surface area contributed by atoms with E-state index in [4.69, 9.17) is 5.73 Å². The molecule has 2 fully saturated rings. The lowest BCUT2D eigenvalue weighted by Crippen LogP contribution is -2.52. The van der Waals surface area contributed by atoms with Crippen LogP contribution in [-0.4, -0.2) is 58.9 Å². The predicted octanol–water partition coefficient (Wildman–Crippen LogP) is 0.319. The Morgan fingerprint density at radius 1 is 1.22 bits per heavy atom. The quantitative estimate of drug-likeness (QED) is 0.743. The van der Waals surface area contributed by atoms with Crippen molar-refractivity contribution < 1.29 is 18.8 Å². The summed E-state index contributed by atoms with van der Waals surface area (Å²) in [6.45, 7) is 1.70. The first kappa shape index (κ1) is 18.1. The molecule has 7 nitrogen and oxygen atoms in total. The minimum Gasteiger partial charge on any atom is -0.326 e. The number of likely N-dealkylation sites (tertiary alicyclic amines) is 1. The van der Waals surface area contributed by atoms with E-state index in [0.29, 0.717) is 44.6 Å². The zero-order valence-electron chi connectivity index (χ0n) is 15.0. The van der Waals surface area contributed by atoms with Gasteiger partial charge in [0.05, 0.1) is 0 Å². The number of nitrogens with one attached hydrogen (secondary N) is 1. The summed E-state index contributed by atoms with van der Waals surface area (Å²) >= 11 is 0. The minimum absolute atomic E-state index is 0.201. The van der Waals surface area contributed by atoms with Gasteiger partial charge >= 0.3 is 0 Å². The number of hydrogen-bond donors (Lipinski definition) is 2. The SMILES string of the molecule is N[C@H]1C[C@H](F)CN(Cc2cccc3c2C(=O)N(C2CCC(=O)NC2=O)C3)C1. The lowest BCUT2D eigenvalue weighted by molar-refractivity contribution is -0.136. The van der Waals surface area contributed by atoms with Crippen LogP contribution in [0.15, 0.2) is 18.2 Å². The van der Waals surface area contributed by atoms with Gasteiger partial charge in [-0.05, 0) is 24.0 Å². The number of carbonyl (C=O) groups is 3. The van der Waals surface area contributed by atoms with Crippen molar-refractivity contribution in [3.8, 4) is 0 Å². The van der Waals surface area contributed by atoms with Crippen LogP contribution in [0.1, 0.15) is 40.7 Å². The zero-order valence-corrected chi connectivity index (χ0v) is 15.0. The molecule has 3 amide bonds. The number of hydrogen-bond acceptors (Lipinski definition) is 5. The van der Waals surface area contributed by atoms with Crippen LogP contribution in [0.5, 0.6) is 0 Å². The average Bonchev–Trinajstić information content (AvgIpc) is 2.92. The molecule has 1 aromatic rings. The minimum atomic E-state index is -0.957. The Morgan fingerprint density at radius 3 is 2.78 bits per heavy atom. The monoisotopic (exact) mass is 374 g/mol. The predicted molar refractivity (Wildman–Crippen MR) is 95.3 cm³/mol. The van der Waals surface area contributed by atoms with Gasteiger partial charge in [-0.1, -0.05) is 18.2 Å². The van der Waals surface area contributed by atoms with E-state index in [2.05, 4.69) is 5.32 Å². The van der Waals surface area contributed by atoms with Crippen molar-refractivity contribution in [2.45, 2.75) is 50.6 Å². The van der Waals surface area contributed by atoms with Gasteiger partial charge in [-0.3, -0.25) is 24.6 Å². The van der Waals surface area contributed by atoms with Gasteiger partial charge in [0.25, 0.3) is 5.91 Å². The summed E-state index contributed by atoms with van der Waals surface area (Å²) in [6.07, 6.45) is -0.0239. The fourth-order valence-electron chi connectivity index (χ4n) is 4.36. The summed E-state index contributed by atoms with van der Waals surface area (Å²) in [4.78, 5) is 40.1. The highest BCUT2D eigenvalue weighted by Gasteiger charge is 2.40. The maximum Gasteiger partial charge on any atom is 0.255 e. The smallest absolute Gasteiger partial charge is 0.255 e. The van der Waals surface area contributed by atoms with Gasteiger partial charge in [0, 0.05) is 44.2 Å². The number of nitrogens with two attached hydrogens (primary N) is 1. The third-order valence-electron chi connectivity index (χ3n) is 5.54. The molecule has 0 aliphatic carbocycles. The van der Waals surface area contributed by atoms with E-state index in [0.717, 1.165) is 11.1 Å². The number of imide groups is 1. The molecule has 8 heteroatoms. The highest BCUT2D eigenvalue weighted by molar-refractivity contribution is 6.05. The number of fused-ring (bicyclic) bond motifs is 1. The van der Waals surface area contributed by atoms with Gasteiger partial charge in [0.2, 0.25) is 11.8 Å². The van der Waals surface area contributed by atoms with E-state index in [1.54, 1.807) is 0 Å². The Hall–Kier alpha value is -2.32. The molecule has 4 rings (SSSR count). The molecule has 0 saturated carbocycles. The molecule has 3 N–H and O–H groups in total. The summed E-state index contributed by atoms with van der Waals surface area (Å²) in [5.41, 5.74) is 8.21. The molecule has 27 heavy (non-hydrogen) atoms. The normalized spacial score (nSPS) is 29.0. The van der Waals surface area contributed by atoms with Crippen molar-refractivity contribution in [2.75, 3.05) is 13.1 Å². The van der Waals surface area contributed by atoms with E-state index in [9.17, 15) is 18.8 Å². The summed E-state index contributed by atoms with van der Waals surface area (Å²) < 4.78 is 13.8. The molecule has 3 heterocycles. The number of alkyl halides is 1. The van der Waals surface area contributed by atoms with Crippen LogP contribution in [0.4, 0.5) is 4.39 Å². The molecular formula is C19H23FN4O3. The summed E-state index contributed by atoms with van der Waals surface area (Å²) in [6, 6.07) is 4.79. The van der Waals surface area contributed by atoms with Crippen LogP contribution in [0.2, 0.25) is 0 Å². The van der Waals surface area contributed by atoms with Gasteiger partial charge in [0.15, 0.2) is 0 Å². The van der Waals surface area contributed by atoms with Gasteiger partial charge in [-0.2, -0.15) is 0 Å². The van der Waals surface area contributed by atoms with E-state index in [1.165, 1.54) is 4.90 Å². The number of carbonyl (C=O) groups excluding carboxylic acids is 3. The molecule has 0 spiro atoms. The second-order valence-electron chi connectivity index (χ2n) is 7.64. The fourth-order valence-corrected chi connectivity index (χ4v) is 4.36. The van der Waals surface area contributed by atoms with Crippen molar-refractivity contribution in [1.82, 2.24) is 15.1 Å². The van der Waals surface area contributed by atoms with Crippen LogP contribution in [0.25, 0.3) is 0 Å². The van der Waals surface area contributed by atoms with Gasteiger partial charge in [0.1, 0.15) is 12.2 Å². The molecule has 3 atom stereocenters. The zero-order chi connectivity index (χ0) is 19.1. The molecule has 1 unspecified atom stereocenters. The van der Waals surface area contributed by atoms with Gasteiger partial charge < -0.3 is 10.6 Å². The van der Waals surface area contributed by atoms with Gasteiger partial charge in [-0.25, -0.2) is 4.39 Å².